The van der Waals surface area contributed by atoms with E-state index in [-0.39, 0.29) is 30.4 Å². The number of carbonyl (C=O) groups is 2. The highest BCUT2D eigenvalue weighted by atomic mass is 32.2. The summed E-state index contributed by atoms with van der Waals surface area (Å²) in [5.74, 6) is -0.229. The number of aliphatic imine (C=N–C) groups is 1. The Hall–Kier alpha value is -4.89. The summed E-state index contributed by atoms with van der Waals surface area (Å²) in [5.41, 5.74) is 3.20. The lowest BCUT2D eigenvalue weighted by molar-refractivity contribution is -0.122. The second kappa shape index (κ2) is 12.5. The third kappa shape index (κ3) is 7.01. The molecule has 0 aromatic heterocycles. The van der Waals surface area contributed by atoms with Crippen molar-refractivity contribution < 1.29 is 28.6 Å². The van der Waals surface area contributed by atoms with Gasteiger partial charge in [-0.3, -0.25) is 9.69 Å². The van der Waals surface area contributed by atoms with Crippen LogP contribution in [0.4, 0.5) is 10.1 Å². The third-order valence-corrected chi connectivity index (χ3v) is 7.21. The highest BCUT2D eigenvalue weighted by Crippen LogP contribution is 2.36. The van der Waals surface area contributed by atoms with Crippen LogP contribution >= 0.6 is 11.8 Å². The Kier molecular flexibility index (Phi) is 8.45. The maximum Gasteiger partial charge on any atom is 0.335 e. The van der Waals surface area contributed by atoms with E-state index in [1.54, 1.807) is 66.6 Å². The van der Waals surface area contributed by atoms with Crippen LogP contribution in [0.5, 0.6) is 11.5 Å². The molecule has 1 amide bonds. The predicted molar refractivity (Wildman–Crippen MR) is 157 cm³/mol. The number of amides is 1. The summed E-state index contributed by atoms with van der Waals surface area (Å²) < 4.78 is 24.3. The standard InChI is InChI=1S/C32H25FN2O5S/c1-39-27-15-13-26(14-16-27)34-32-35(19-21-5-9-24(10-6-21)31(37)38)30(36)29(41-32)18-23-3-2-4-28(17-23)40-20-22-7-11-25(33)12-8-22/h2-18H,19-20H2,1H3,(H,37,38)/b29-18-,34-32?. The first-order chi connectivity index (χ1) is 19.9. The van der Waals surface area contributed by atoms with Crippen LogP contribution < -0.4 is 9.47 Å². The molecule has 206 valence electrons. The van der Waals surface area contributed by atoms with Crippen LogP contribution in [0.1, 0.15) is 27.0 Å². The molecule has 1 saturated heterocycles. The van der Waals surface area contributed by atoms with Crippen molar-refractivity contribution in [3.05, 3.63) is 130 Å². The van der Waals surface area contributed by atoms with Crippen molar-refractivity contribution >= 4 is 40.6 Å². The highest BCUT2D eigenvalue weighted by Gasteiger charge is 2.33. The van der Waals surface area contributed by atoms with E-state index in [1.807, 2.05) is 24.3 Å². The average Bonchev–Trinajstić information content (AvgIpc) is 3.26. The summed E-state index contributed by atoms with van der Waals surface area (Å²) in [6.07, 6.45) is 1.79. The quantitative estimate of drug-likeness (QED) is 0.221. The number of aromatic carboxylic acids is 1. The SMILES string of the molecule is COc1ccc(N=C2S/C(=C\c3cccc(OCc4ccc(F)cc4)c3)C(=O)N2Cc2ccc(C(=O)O)cc2)cc1. The zero-order valence-electron chi connectivity index (χ0n) is 22.0. The third-order valence-electron chi connectivity index (χ3n) is 6.20. The summed E-state index contributed by atoms with van der Waals surface area (Å²) in [4.78, 5) is 31.6. The van der Waals surface area contributed by atoms with Crippen molar-refractivity contribution in [1.82, 2.24) is 4.90 Å². The minimum atomic E-state index is -1.01. The Morgan fingerprint density at radius 3 is 2.34 bits per heavy atom. The zero-order valence-corrected chi connectivity index (χ0v) is 22.8. The van der Waals surface area contributed by atoms with Crippen molar-refractivity contribution in [2.24, 2.45) is 4.99 Å². The molecule has 9 heteroatoms. The molecule has 1 aliphatic heterocycles. The number of hydrogen-bond donors (Lipinski definition) is 1. The minimum Gasteiger partial charge on any atom is -0.497 e. The lowest BCUT2D eigenvalue weighted by Crippen LogP contribution is -2.28. The first-order valence-corrected chi connectivity index (χ1v) is 13.4. The van der Waals surface area contributed by atoms with Gasteiger partial charge in [0.15, 0.2) is 5.17 Å². The topological polar surface area (TPSA) is 88.4 Å². The van der Waals surface area contributed by atoms with Gasteiger partial charge in [0.25, 0.3) is 5.91 Å². The number of carboxylic acids is 1. The molecule has 0 atom stereocenters. The van der Waals surface area contributed by atoms with Gasteiger partial charge in [-0.15, -0.1) is 0 Å². The summed E-state index contributed by atoms with van der Waals surface area (Å²) in [7, 11) is 1.59. The van der Waals surface area contributed by atoms with E-state index in [0.29, 0.717) is 27.3 Å². The fourth-order valence-electron chi connectivity index (χ4n) is 4.03. The van der Waals surface area contributed by atoms with Gasteiger partial charge in [-0.2, -0.15) is 0 Å². The normalized spacial score (nSPS) is 15.0. The van der Waals surface area contributed by atoms with Crippen LogP contribution in [0, 0.1) is 5.82 Å². The van der Waals surface area contributed by atoms with Crippen LogP contribution in [-0.4, -0.2) is 34.2 Å². The molecule has 0 unspecified atom stereocenters. The summed E-state index contributed by atoms with van der Waals surface area (Å²) in [6, 6.07) is 27.1. The number of benzene rings is 4. The van der Waals surface area contributed by atoms with Crippen molar-refractivity contribution in [3.63, 3.8) is 0 Å². The lowest BCUT2D eigenvalue weighted by atomic mass is 10.1. The molecule has 1 heterocycles. The molecule has 1 aliphatic rings. The smallest absolute Gasteiger partial charge is 0.335 e. The molecular weight excluding hydrogens is 543 g/mol. The van der Waals surface area contributed by atoms with Gasteiger partial charge in [0, 0.05) is 0 Å². The summed E-state index contributed by atoms with van der Waals surface area (Å²) in [5, 5.41) is 9.71. The van der Waals surface area contributed by atoms with Gasteiger partial charge in [-0.05, 0) is 95.2 Å². The largest absolute Gasteiger partial charge is 0.497 e. The maximum atomic E-state index is 13.6. The molecule has 4 aromatic carbocycles. The molecule has 0 radical (unpaired) electrons. The number of nitrogens with zero attached hydrogens (tertiary/aromatic N) is 2. The van der Waals surface area contributed by atoms with Crippen molar-refractivity contribution in [2.45, 2.75) is 13.2 Å². The van der Waals surface area contributed by atoms with E-state index in [4.69, 9.17) is 14.5 Å². The first-order valence-electron chi connectivity index (χ1n) is 12.6. The van der Waals surface area contributed by atoms with Crippen molar-refractivity contribution in [1.29, 1.82) is 0 Å². The minimum absolute atomic E-state index is 0.171. The van der Waals surface area contributed by atoms with Gasteiger partial charge in [0.05, 0.1) is 29.8 Å². The fraction of sp³-hybridized carbons (Fsp3) is 0.0938. The number of carbonyl (C=O) groups excluding carboxylic acids is 1. The van der Waals surface area contributed by atoms with Crippen LogP contribution in [-0.2, 0) is 17.9 Å². The Morgan fingerprint density at radius 2 is 1.66 bits per heavy atom. The number of halogens is 1. The number of hydrogen-bond acceptors (Lipinski definition) is 6. The zero-order chi connectivity index (χ0) is 28.8. The second-order valence-corrected chi connectivity index (χ2v) is 10.1. The molecular formula is C32H25FN2O5S. The Labute approximate surface area is 240 Å². The van der Waals surface area contributed by atoms with E-state index < -0.39 is 5.97 Å². The van der Waals surface area contributed by atoms with Crippen molar-refractivity contribution in [3.8, 4) is 11.5 Å². The van der Waals surface area contributed by atoms with Crippen LogP contribution in [0.25, 0.3) is 6.08 Å². The molecule has 4 aromatic rings. The van der Waals surface area contributed by atoms with Gasteiger partial charge < -0.3 is 14.6 Å². The average molecular weight is 569 g/mol. The van der Waals surface area contributed by atoms with Gasteiger partial charge in [0.1, 0.15) is 23.9 Å². The lowest BCUT2D eigenvalue weighted by Gasteiger charge is -2.16. The number of rotatable bonds is 9. The fourth-order valence-corrected chi connectivity index (χ4v) is 5.02. The molecule has 5 rings (SSSR count). The summed E-state index contributed by atoms with van der Waals surface area (Å²) in [6.45, 7) is 0.500. The molecule has 41 heavy (non-hydrogen) atoms. The predicted octanol–water partition coefficient (Wildman–Crippen LogP) is 6.92. The maximum absolute atomic E-state index is 13.6. The molecule has 0 saturated carbocycles. The molecule has 1 fully saturated rings. The van der Waals surface area contributed by atoms with E-state index in [1.165, 1.54) is 36.0 Å². The van der Waals surface area contributed by atoms with Crippen molar-refractivity contribution in [2.75, 3.05) is 7.11 Å². The molecule has 0 bridgehead atoms. The molecule has 1 N–H and O–H groups in total. The number of methoxy groups -OCH3 is 1. The first kappa shape index (κ1) is 27.7. The number of amidine groups is 1. The van der Waals surface area contributed by atoms with Crippen LogP contribution in [0.3, 0.4) is 0 Å². The Morgan fingerprint density at radius 1 is 0.951 bits per heavy atom. The van der Waals surface area contributed by atoms with Gasteiger partial charge >= 0.3 is 5.97 Å². The van der Waals surface area contributed by atoms with Gasteiger partial charge in [-0.25, -0.2) is 14.2 Å². The molecule has 0 aliphatic carbocycles. The second-order valence-electron chi connectivity index (χ2n) is 9.08. The Bertz CT molecular complexity index is 1620. The molecule has 7 nitrogen and oxygen atoms in total. The van der Waals surface area contributed by atoms with Gasteiger partial charge in [0.2, 0.25) is 0 Å². The number of thioether (sulfide) groups is 1. The van der Waals surface area contributed by atoms with E-state index in [2.05, 4.69) is 0 Å². The number of carboxylic acid groups (broad SMARTS) is 1. The van der Waals surface area contributed by atoms with E-state index in [0.717, 1.165) is 16.7 Å². The highest BCUT2D eigenvalue weighted by molar-refractivity contribution is 8.18. The Balaban J connectivity index is 1.40. The van der Waals surface area contributed by atoms with Crippen LogP contribution in [0.2, 0.25) is 0 Å². The van der Waals surface area contributed by atoms with E-state index in [9.17, 15) is 19.1 Å². The molecule has 0 spiro atoms. The monoisotopic (exact) mass is 568 g/mol. The van der Waals surface area contributed by atoms with E-state index >= 15 is 0 Å². The van der Waals surface area contributed by atoms with Gasteiger partial charge in [-0.1, -0.05) is 36.4 Å². The van der Waals surface area contributed by atoms with Crippen LogP contribution in [0.15, 0.2) is 107 Å². The summed E-state index contributed by atoms with van der Waals surface area (Å²) >= 11 is 1.26. The number of ether oxygens (including phenoxy) is 2.